The molecular formula is C24H25N3O5S. The standard InChI is InChI=1S/C24H25N3O5S/c1-31-20-13-18(7-8-19(20)32-16-22(28)29)14-21-23(30)25-24(33-21)27-11-9-26(10-12-27)15-17-5-3-2-4-6-17/h2-8,13-14H,9-12,15-16H2,1H3,(H,28,29)/b21-14-. The highest BCUT2D eigenvalue weighted by Crippen LogP contribution is 2.33. The monoisotopic (exact) mass is 467 g/mol. The molecule has 1 fully saturated rings. The summed E-state index contributed by atoms with van der Waals surface area (Å²) < 4.78 is 10.5. The highest BCUT2D eigenvalue weighted by atomic mass is 32.2. The lowest BCUT2D eigenvalue weighted by Crippen LogP contribution is -2.47. The number of carboxylic acids is 1. The number of thioether (sulfide) groups is 1. The summed E-state index contributed by atoms with van der Waals surface area (Å²) in [5.74, 6) is -0.594. The van der Waals surface area contributed by atoms with E-state index in [1.54, 1.807) is 24.3 Å². The number of carbonyl (C=O) groups excluding carboxylic acids is 1. The van der Waals surface area contributed by atoms with Gasteiger partial charge in [0.1, 0.15) is 0 Å². The Hall–Kier alpha value is -3.30. The summed E-state index contributed by atoms with van der Waals surface area (Å²) in [7, 11) is 1.48. The molecule has 0 atom stereocenters. The van der Waals surface area contributed by atoms with Crippen molar-refractivity contribution in [1.82, 2.24) is 9.80 Å². The number of benzene rings is 2. The van der Waals surface area contributed by atoms with Gasteiger partial charge in [-0.3, -0.25) is 9.69 Å². The van der Waals surface area contributed by atoms with Gasteiger partial charge in [0, 0.05) is 32.7 Å². The molecule has 1 N–H and O–H groups in total. The molecule has 2 aliphatic rings. The maximum atomic E-state index is 12.5. The highest BCUT2D eigenvalue weighted by Gasteiger charge is 2.28. The number of piperazine rings is 1. The second-order valence-corrected chi connectivity index (χ2v) is 8.66. The van der Waals surface area contributed by atoms with Gasteiger partial charge in [-0.2, -0.15) is 4.99 Å². The summed E-state index contributed by atoms with van der Waals surface area (Å²) in [5, 5.41) is 9.53. The number of aliphatic carboxylic acids is 1. The molecule has 8 nitrogen and oxygen atoms in total. The number of nitrogens with zero attached hydrogens (tertiary/aromatic N) is 3. The Balaban J connectivity index is 1.36. The largest absolute Gasteiger partial charge is 0.493 e. The molecule has 2 aromatic carbocycles. The van der Waals surface area contributed by atoms with E-state index in [4.69, 9.17) is 14.6 Å². The second-order valence-electron chi connectivity index (χ2n) is 7.65. The van der Waals surface area contributed by atoms with Crippen molar-refractivity contribution in [1.29, 1.82) is 0 Å². The second kappa shape index (κ2) is 10.5. The molecule has 2 aromatic rings. The minimum Gasteiger partial charge on any atom is -0.493 e. The first-order valence-corrected chi connectivity index (χ1v) is 11.4. The third-order valence-electron chi connectivity index (χ3n) is 5.34. The minimum atomic E-state index is -1.07. The maximum Gasteiger partial charge on any atom is 0.341 e. The Morgan fingerprint density at radius 1 is 1.12 bits per heavy atom. The molecule has 0 unspecified atom stereocenters. The van der Waals surface area contributed by atoms with Crippen LogP contribution in [0.2, 0.25) is 0 Å². The quantitative estimate of drug-likeness (QED) is 0.622. The first kappa shape index (κ1) is 22.9. The van der Waals surface area contributed by atoms with Gasteiger partial charge in [0.2, 0.25) is 0 Å². The first-order valence-electron chi connectivity index (χ1n) is 10.6. The fourth-order valence-corrected chi connectivity index (χ4v) is 4.62. The summed E-state index contributed by atoms with van der Waals surface area (Å²) in [6.07, 6.45) is 1.76. The van der Waals surface area contributed by atoms with Crippen LogP contribution in [0.15, 0.2) is 58.4 Å². The average molecular weight is 468 g/mol. The lowest BCUT2D eigenvalue weighted by Gasteiger charge is -2.35. The van der Waals surface area contributed by atoms with Crippen LogP contribution in [0.25, 0.3) is 6.08 Å². The molecule has 1 amide bonds. The van der Waals surface area contributed by atoms with Crippen LogP contribution in [-0.2, 0) is 16.1 Å². The molecule has 4 rings (SSSR count). The van der Waals surface area contributed by atoms with Crippen molar-refractivity contribution in [3.8, 4) is 11.5 Å². The maximum absolute atomic E-state index is 12.5. The molecule has 9 heteroatoms. The van der Waals surface area contributed by atoms with Crippen molar-refractivity contribution in [2.45, 2.75) is 6.54 Å². The van der Waals surface area contributed by atoms with Crippen LogP contribution < -0.4 is 9.47 Å². The van der Waals surface area contributed by atoms with E-state index in [1.807, 2.05) is 6.07 Å². The molecule has 0 aromatic heterocycles. The molecule has 2 heterocycles. The number of carbonyl (C=O) groups is 2. The highest BCUT2D eigenvalue weighted by molar-refractivity contribution is 8.18. The molecule has 0 saturated carbocycles. The normalized spacial score (nSPS) is 17.8. The predicted octanol–water partition coefficient (Wildman–Crippen LogP) is 2.95. The number of amides is 1. The third kappa shape index (κ3) is 5.94. The van der Waals surface area contributed by atoms with Gasteiger partial charge < -0.3 is 19.5 Å². The van der Waals surface area contributed by atoms with Gasteiger partial charge in [0.15, 0.2) is 23.3 Å². The van der Waals surface area contributed by atoms with Crippen LogP contribution in [0.3, 0.4) is 0 Å². The van der Waals surface area contributed by atoms with E-state index >= 15 is 0 Å². The van der Waals surface area contributed by atoms with E-state index in [9.17, 15) is 9.59 Å². The molecule has 0 spiro atoms. The van der Waals surface area contributed by atoms with Crippen molar-refractivity contribution >= 4 is 34.9 Å². The van der Waals surface area contributed by atoms with E-state index in [0.29, 0.717) is 16.4 Å². The molecule has 33 heavy (non-hydrogen) atoms. The summed E-state index contributed by atoms with van der Waals surface area (Å²) in [5.41, 5.74) is 2.04. The number of ether oxygens (including phenoxy) is 2. The van der Waals surface area contributed by atoms with Crippen molar-refractivity contribution in [3.63, 3.8) is 0 Å². The van der Waals surface area contributed by atoms with Crippen LogP contribution in [0.1, 0.15) is 11.1 Å². The summed E-state index contributed by atoms with van der Waals surface area (Å²) in [6.45, 7) is 3.94. The first-order chi connectivity index (χ1) is 16.0. The van der Waals surface area contributed by atoms with E-state index in [1.165, 1.54) is 24.4 Å². The van der Waals surface area contributed by atoms with Crippen LogP contribution in [0.4, 0.5) is 0 Å². The third-order valence-corrected chi connectivity index (χ3v) is 6.38. The molecular weight excluding hydrogens is 442 g/mol. The number of amidine groups is 1. The number of hydrogen-bond acceptors (Lipinski definition) is 7. The van der Waals surface area contributed by atoms with Crippen molar-refractivity contribution in [2.75, 3.05) is 39.9 Å². The van der Waals surface area contributed by atoms with E-state index in [-0.39, 0.29) is 5.91 Å². The fourth-order valence-electron chi connectivity index (χ4n) is 3.66. The van der Waals surface area contributed by atoms with Crippen LogP contribution in [0.5, 0.6) is 11.5 Å². The number of rotatable bonds is 7. The number of methoxy groups -OCH3 is 1. The molecule has 1 saturated heterocycles. The zero-order valence-corrected chi connectivity index (χ0v) is 19.1. The van der Waals surface area contributed by atoms with Crippen LogP contribution in [0, 0.1) is 0 Å². The lowest BCUT2D eigenvalue weighted by atomic mass is 10.2. The van der Waals surface area contributed by atoms with Gasteiger partial charge in [-0.25, -0.2) is 4.79 Å². The SMILES string of the molecule is COc1cc(/C=C2\SC(N3CCN(Cc4ccccc4)CC3)=NC2=O)ccc1OCC(=O)O. The number of aliphatic imine (C=N–C) groups is 1. The minimum absolute atomic E-state index is 0.258. The summed E-state index contributed by atoms with van der Waals surface area (Å²) >= 11 is 1.38. The Labute approximate surface area is 196 Å². The Kier molecular flexibility index (Phi) is 7.31. The summed E-state index contributed by atoms with van der Waals surface area (Å²) in [4.78, 5) is 32.6. The molecule has 0 aliphatic carbocycles. The average Bonchev–Trinajstić information content (AvgIpc) is 3.19. The topological polar surface area (TPSA) is 91.7 Å². The fraction of sp³-hybridized carbons (Fsp3) is 0.292. The van der Waals surface area contributed by atoms with Gasteiger partial charge >= 0.3 is 5.97 Å². The number of carboxylic acid groups (broad SMARTS) is 1. The molecule has 0 radical (unpaired) electrons. The van der Waals surface area contributed by atoms with Gasteiger partial charge in [-0.05, 0) is 41.1 Å². The zero-order valence-electron chi connectivity index (χ0n) is 18.3. The summed E-state index contributed by atoms with van der Waals surface area (Å²) in [6, 6.07) is 15.5. The molecule has 0 bridgehead atoms. The van der Waals surface area contributed by atoms with Crippen LogP contribution >= 0.6 is 11.8 Å². The predicted molar refractivity (Wildman–Crippen MR) is 127 cm³/mol. The number of hydrogen-bond donors (Lipinski definition) is 1. The van der Waals surface area contributed by atoms with E-state index in [0.717, 1.165) is 43.5 Å². The van der Waals surface area contributed by atoms with E-state index < -0.39 is 12.6 Å². The molecule has 2 aliphatic heterocycles. The lowest BCUT2D eigenvalue weighted by molar-refractivity contribution is -0.139. The van der Waals surface area contributed by atoms with Crippen molar-refractivity contribution in [2.24, 2.45) is 4.99 Å². The van der Waals surface area contributed by atoms with E-state index in [2.05, 4.69) is 39.1 Å². The zero-order chi connectivity index (χ0) is 23.2. The Morgan fingerprint density at radius 3 is 2.58 bits per heavy atom. The Bertz CT molecular complexity index is 1080. The van der Waals surface area contributed by atoms with Crippen molar-refractivity contribution < 1.29 is 24.2 Å². The van der Waals surface area contributed by atoms with Gasteiger partial charge in [-0.15, -0.1) is 0 Å². The van der Waals surface area contributed by atoms with Gasteiger partial charge in [0.05, 0.1) is 12.0 Å². The van der Waals surface area contributed by atoms with Crippen LogP contribution in [-0.4, -0.2) is 71.8 Å². The van der Waals surface area contributed by atoms with Crippen molar-refractivity contribution in [3.05, 3.63) is 64.6 Å². The molecule has 172 valence electrons. The Morgan fingerprint density at radius 2 is 1.88 bits per heavy atom. The smallest absolute Gasteiger partial charge is 0.341 e. The van der Waals surface area contributed by atoms with Gasteiger partial charge in [-0.1, -0.05) is 36.4 Å². The van der Waals surface area contributed by atoms with Gasteiger partial charge in [0.25, 0.3) is 5.91 Å².